The van der Waals surface area contributed by atoms with E-state index in [9.17, 15) is 18.3 Å². The monoisotopic (exact) mass is 237 g/mol. The molecule has 0 aromatic carbocycles. The Kier molecular flexibility index (Phi) is 3.18. The van der Waals surface area contributed by atoms with Gasteiger partial charge in [0, 0.05) is 6.04 Å². The zero-order valence-corrected chi connectivity index (χ0v) is 9.19. The van der Waals surface area contributed by atoms with Crippen LogP contribution >= 0.6 is 0 Å². The van der Waals surface area contributed by atoms with Crippen molar-refractivity contribution in [1.82, 2.24) is 5.32 Å². The van der Waals surface area contributed by atoms with E-state index < -0.39 is 11.8 Å². The van der Waals surface area contributed by atoms with E-state index in [1.165, 1.54) is 12.8 Å². The van der Waals surface area contributed by atoms with Crippen molar-refractivity contribution in [3.8, 4) is 0 Å². The zero-order valence-electron chi connectivity index (χ0n) is 9.19. The Morgan fingerprint density at radius 1 is 1.12 bits per heavy atom. The van der Waals surface area contributed by atoms with E-state index in [1.54, 1.807) is 0 Å². The van der Waals surface area contributed by atoms with Crippen LogP contribution in [-0.2, 0) is 0 Å². The summed E-state index contributed by atoms with van der Waals surface area (Å²) in [6.45, 7) is 0.926. The van der Waals surface area contributed by atoms with Crippen LogP contribution in [0.15, 0.2) is 0 Å². The Morgan fingerprint density at radius 3 is 2.12 bits per heavy atom. The van der Waals surface area contributed by atoms with Gasteiger partial charge in [0.25, 0.3) is 0 Å². The smallest absolute Gasteiger partial charge is 0.380 e. The summed E-state index contributed by atoms with van der Waals surface area (Å²) in [6.07, 6.45) is -1.49. The van der Waals surface area contributed by atoms with Gasteiger partial charge in [0.1, 0.15) is 0 Å². The largest absolute Gasteiger partial charge is 0.417 e. The molecule has 0 aromatic rings. The first-order valence-corrected chi connectivity index (χ1v) is 5.93. The van der Waals surface area contributed by atoms with Crippen LogP contribution in [0.3, 0.4) is 0 Å². The molecule has 0 saturated heterocycles. The molecule has 0 aromatic heterocycles. The van der Waals surface area contributed by atoms with Crippen LogP contribution in [0.4, 0.5) is 13.2 Å². The third kappa shape index (κ3) is 2.69. The number of rotatable bonds is 3. The van der Waals surface area contributed by atoms with E-state index in [4.69, 9.17) is 0 Å². The molecule has 2 saturated carbocycles. The van der Waals surface area contributed by atoms with Gasteiger partial charge in [-0.05, 0) is 51.0 Å². The average Bonchev–Trinajstić information content (AvgIpc) is 2.99. The SMILES string of the molecule is OC1(C(F)(F)F)CCC(NCC2CC2)CC1. The molecule has 2 fully saturated rings. The van der Waals surface area contributed by atoms with Crippen molar-refractivity contribution in [2.75, 3.05) is 6.54 Å². The zero-order chi connectivity index (χ0) is 11.8. The fourth-order valence-corrected chi connectivity index (χ4v) is 2.24. The van der Waals surface area contributed by atoms with Gasteiger partial charge in [-0.3, -0.25) is 0 Å². The quantitative estimate of drug-likeness (QED) is 0.789. The van der Waals surface area contributed by atoms with Gasteiger partial charge in [-0.1, -0.05) is 0 Å². The van der Waals surface area contributed by atoms with Crippen LogP contribution < -0.4 is 5.32 Å². The number of hydrogen-bond donors (Lipinski definition) is 2. The van der Waals surface area contributed by atoms with Gasteiger partial charge in [0.2, 0.25) is 0 Å². The van der Waals surface area contributed by atoms with Gasteiger partial charge in [0.05, 0.1) is 0 Å². The summed E-state index contributed by atoms with van der Waals surface area (Å²) in [5.41, 5.74) is -2.44. The van der Waals surface area contributed by atoms with Crippen LogP contribution in [0.5, 0.6) is 0 Å². The first kappa shape index (κ1) is 12.2. The van der Waals surface area contributed by atoms with Crippen LogP contribution in [-0.4, -0.2) is 29.5 Å². The fourth-order valence-electron chi connectivity index (χ4n) is 2.24. The number of hydrogen-bond acceptors (Lipinski definition) is 2. The molecule has 2 aliphatic rings. The standard InChI is InChI=1S/C11H18F3NO/c12-11(13,14)10(16)5-3-9(4-6-10)15-7-8-1-2-8/h8-9,15-16H,1-7H2. The summed E-state index contributed by atoms with van der Waals surface area (Å²) in [5.74, 6) is 0.739. The van der Waals surface area contributed by atoms with E-state index in [2.05, 4.69) is 5.32 Å². The summed E-state index contributed by atoms with van der Waals surface area (Å²) >= 11 is 0. The number of alkyl halides is 3. The van der Waals surface area contributed by atoms with Crippen molar-refractivity contribution in [3.05, 3.63) is 0 Å². The van der Waals surface area contributed by atoms with Gasteiger partial charge in [0.15, 0.2) is 5.60 Å². The van der Waals surface area contributed by atoms with Crippen LogP contribution in [0.2, 0.25) is 0 Å². The minimum Gasteiger partial charge on any atom is -0.380 e. The molecule has 0 amide bonds. The summed E-state index contributed by atoms with van der Waals surface area (Å²) in [6, 6.07) is 0.156. The summed E-state index contributed by atoms with van der Waals surface area (Å²) in [7, 11) is 0. The van der Waals surface area contributed by atoms with E-state index in [0.717, 1.165) is 12.5 Å². The molecular weight excluding hydrogens is 219 g/mol. The Hall–Kier alpha value is -0.290. The van der Waals surface area contributed by atoms with Gasteiger partial charge in [-0.2, -0.15) is 13.2 Å². The van der Waals surface area contributed by atoms with E-state index in [0.29, 0.717) is 12.8 Å². The molecule has 0 bridgehead atoms. The molecule has 2 N–H and O–H groups in total. The predicted octanol–water partition coefficient (Wildman–Crippen LogP) is 2.22. The highest BCUT2D eigenvalue weighted by Gasteiger charge is 2.54. The molecule has 94 valence electrons. The molecule has 0 atom stereocenters. The number of halogens is 3. The second-order valence-corrected chi connectivity index (χ2v) is 5.16. The average molecular weight is 237 g/mol. The first-order valence-electron chi connectivity index (χ1n) is 5.93. The van der Waals surface area contributed by atoms with Gasteiger partial charge in [-0.25, -0.2) is 0 Å². The molecule has 0 heterocycles. The molecule has 16 heavy (non-hydrogen) atoms. The molecule has 2 aliphatic carbocycles. The highest BCUT2D eigenvalue weighted by Crippen LogP contribution is 2.41. The molecule has 0 spiro atoms. The van der Waals surface area contributed by atoms with Crippen molar-refractivity contribution in [2.45, 2.75) is 56.3 Å². The maximum absolute atomic E-state index is 12.5. The topological polar surface area (TPSA) is 32.3 Å². The van der Waals surface area contributed by atoms with Crippen molar-refractivity contribution < 1.29 is 18.3 Å². The molecule has 0 radical (unpaired) electrons. The van der Waals surface area contributed by atoms with Gasteiger partial charge < -0.3 is 10.4 Å². The molecular formula is C11H18F3NO. The van der Waals surface area contributed by atoms with E-state index in [1.807, 2.05) is 0 Å². The number of nitrogens with one attached hydrogen (secondary N) is 1. The fraction of sp³-hybridized carbons (Fsp3) is 1.00. The van der Waals surface area contributed by atoms with Crippen LogP contribution in [0.1, 0.15) is 38.5 Å². The van der Waals surface area contributed by atoms with Crippen molar-refractivity contribution in [1.29, 1.82) is 0 Å². The molecule has 0 unspecified atom stereocenters. The minimum atomic E-state index is -4.48. The Balaban J connectivity index is 1.76. The van der Waals surface area contributed by atoms with Crippen molar-refractivity contribution in [2.24, 2.45) is 5.92 Å². The highest BCUT2D eigenvalue weighted by molar-refractivity contribution is 4.93. The van der Waals surface area contributed by atoms with Crippen molar-refractivity contribution >= 4 is 0 Å². The third-order valence-electron chi connectivity index (χ3n) is 3.73. The van der Waals surface area contributed by atoms with Gasteiger partial charge in [-0.15, -0.1) is 0 Å². The summed E-state index contributed by atoms with van der Waals surface area (Å²) in [5, 5.41) is 12.8. The summed E-state index contributed by atoms with van der Waals surface area (Å²) < 4.78 is 37.5. The lowest BCUT2D eigenvalue weighted by Gasteiger charge is -2.37. The minimum absolute atomic E-state index is 0.156. The summed E-state index contributed by atoms with van der Waals surface area (Å²) in [4.78, 5) is 0. The molecule has 2 rings (SSSR count). The normalized spacial score (nSPS) is 36.4. The maximum Gasteiger partial charge on any atom is 0.417 e. The van der Waals surface area contributed by atoms with E-state index >= 15 is 0 Å². The maximum atomic E-state index is 12.5. The lowest BCUT2D eigenvalue weighted by molar-refractivity contribution is -0.270. The first-order chi connectivity index (χ1) is 7.41. The lowest BCUT2D eigenvalue weighted by atomic mass is 9.81. The van der Waals surface area contributed by atoms with Crippen molar-refractivity contribution in [3.63, 3.8) is 0 Å². The van der Waals surface area contributed by atoms with Gasteiger partial charge >= 0.3 is 6.18 Å². The van der Waals surface area contributed by atoms with E-state index in [-0.39, 0.29) is 18.9 Å². The lowest BCUT2D eigenvalue weighted by Crippen LogP contribution is -2.50. The third-order valence-corrected chi connectivity index (χ3v) is 3.73. The second-order valence-electron chi connectivity index (χ2n) is 5.16. The molecule has 2 nitrogen and oxygen atoms in total. The number of aliphatic hydroxyl groups is 1. The highest BCUT2D eigenvalue weighted by atomic mass is 19.4. The van der Waals surface area contributed by atoms with Crippen LogP contribution in [0.25, 0.3) is 0 Å². The van der Waals surface area contributed by atoms with Crippen LogP contribution in [0, 0.1) is 5.92 Å². The Labute approximate surface area is 93.2 Å². The predicted molar refractivity (Wildman–Crippen MR) is 54.0 cm³/mol. The Morgan fingerprint density at radius 2 is 1.69 bits per heavy atom. The Bertz CT molecular complexity index is 242. The molecule has 5 heteroatoms. The second kappa shape index (κ2) is 4.18. The molecule has 0 aliphatic heterocycles.